The molecule has 0 spiro atoms. The van der Waals surface area contributed by atoms with Gasteiger partial charge in [0.05, 0.1) is 17.4 Å². The number of thioether (sulfide) groups is 1. The van der Waals surface area contributed by atoms with E-state index in [4.69, 9.17) is 4.74 Å². The van der Waals surface area contributed by atoms with Gasteiger partial charge in [-0.2, -0.15) is 5.26 Å². The van der Waals surface area contributed by atoms with Crippen LogP contribution in [0.3, 0.4) is 0 Å². The fourth-order valence-corrected chi connectivity index (χ4v) is 3.71. The van der Waals surface area contributed by atoms with Crippen LogP contribution in [0.4, 0.5) is 0 Å². The Balaban J connectivity index is 1.93. The molecule has 7 heteroatoms. The summed E-state index contributed by atoms with van der Waals surface area (Å²) in [6, 6.07) is 8.99. The van der Waals surface area contributed by atoms with Gasteiger partial charge in [0.25, 0.3) is 5.91 Å². The van der Waals surface area contributed by atoms with Gasteiger partial charge in [0.15, 0.2) is 6.61 Å². The number of ketones is 1. The minimum Gasteiger partial charge on any atom is -0.452 e. The number of amides is 1. The van der Waals surface area contributed by atoms with E-state index < -0.39 is 24.0 Å². The Kier molecular flexibility index (Phi) is 7.22. The predicted molar refractivity (Wildman–Crippen MR) is 97.7 cm³/mol. The molecule has 0 aromatic heterocycles. The molecule has 1 fully saturated rings. The summed E-state index contributed by atoms with van der Waals surface area (Å²) in [5, 5.41) is 12.1. The lowest BCUT2D eigenvalue weighted by Crippen LogP contribution is -2.50. The van der Waals surface area contributed by atoms with Crippen molar-refractivity contribution >= 4 is 29.4 Å². The van der Waals surface area contributed by atoms with Crippen molar-refractivity contribution in [1.29, 1.82) is 5.26 Å². The van der Waals surface area contributed by atoms with E-state index >= 15 is 0 Å². The van der Waals surface area contributed by atoms with E-state index in [2.05, 4.69) is 11.4 Å². The smallest absolute Gasteiger partial charge is 0.339 e. The van der Waals surface area contributed by atoms with E-state index in [1.807, 2.05) is 0 Å². The number of benzene rings is 1. The van der Waals surface area contributed by atoms with E-state index in [1.54, 1.807) is 24.3 Å². The molecule has 0 bridgehead atoms. The molecular weight excluding hydrogens is 352 g/mol. The van der Waals surface area contributed by atoms with Crippen LogP contribution in [0.1, 0.15) is 49.4 Å². The van der Waals surface area contributed by atoms with Crippen molar-refractivity contribution in [1.82, 2.24) is 5.32 Å². The molecule has 1 aliphatic rings. The van der Waals surface area contributed by atoms with Crippen LogP contribution >= 0.6 is 11.8 Å². The normalized spacial score (nSPS) is 15.5. The summed E-state index contributed by atoms with van der Waals surface area (Å²) < 4.78 is 5.11. The zero-order valence-electron chi connectivity index (χ0n) is 14.7. The molecule has 2 rings (SSSR count). The highest BCUT2D eigenvalue weighted by atomic mass is 32.2. The van der Waals surface area contributed by atoms with Gasteiger partial charge in [-0.1, -0.05) is 31.4 Å². The first kappa shape index (κ1) is 20.0. The van der Waals surface area contributed by atoms with Gasteiger partial charge < -0.3 is 10.1 Å². The number of ether oxygens (including phenoxy) is 1. The van der Waals surface area contributed by atoms with Crippen LogP contribution in [0.2, 0.25) is 0 Å². The number of rotatable bonds is 7. The Morgan fingerprint density at radius 3 is 2.58 bits per heavy atom. The van der Waals surface area contributed by atoms with Gasteiger partial charge in [-0.05, 0) is 31.9 Å². The highest BCUT2D eigenvalue weighted by molar-refractivity contribution is 8.00. The van der Waals surface area contributed by atoms with Crippen LogP contribution in [0, 0.1) is 11.3 Å². The molecule has 0 atom stereocenters. The minimum absolute atomic E-state index is 0.00633. The number of hydrogen-bond donors (Lipinski definition) is 1. The lowest BCUT2D eigenvalue weighted by atomic mass is 9.83. The summed E-state index contributed by atoms with van der Waals surface area (Å²) in [6.07, 6.45) is 4.09. The number of carbonyl (C=O) groups excluding carboxylic acids is 3. The first-order valence-electron chi connectivity index (χ1n) is 8.56. The topological polar surface area (TPSA) is 96.3 Å². The number of Topliss-reactive ketones (excluding diaryl/α,β-unsaturated/α-hetero) is 1. The van der Waals surface area contributed by atoms with Crippen LogP contribution in [0.25, 0.3) is 0 Å². The molecule has 1 aliphatic carbocycles. The molecule has 1 saturated carbocycles. The van der Waals surface area contributed by atoms with Crippen LogP contribution < -0.4 is 5.32 Å². The van der Waals surface area contributed by atoms with Gasteiger partial charge in [-0.3, -0.25) is 9.59 Å². The standard InChI is InChI=1S/C19H22N2O4S/c1-14(22)12-26-16-8-4-3-7-15(16)18(24)25-11-17(23)21-19(13-20)9-5-2-6-10-19/h3-4,7-8H,2,5-6,9-12H2,1H3,(H,21,23). The fourth-order valence-electron chi connectivity index (χ4n) is 2.87. The second-order valence-electron chi connectivity index (χ2n) is 6.37. The summed E-state index contributed by atoms with van der Waals surface area (Å²) in [6.45, 7) is 1.04. The Bertz CT molecular complexity index is 720. The van der Waals surface area contributed by atoms with E-state index in [9.17, 15) is 19.6 Å². The highest BCUT2D eigenvalue weighted by Gasteiger charge is 2.33. The van der Waals surface area contributed by atoms with Crippen molar-refractivity contribution in [2.45, 2.75) is 49.5 Å². The number of nitriles is 1. The van der Waals surface area contributed by atoms with Gasteiger partial charge in [0, 0.05) is 4.90 Å². The van der Waals surface area contributed by atoms with Crippen LogP contribution in [-0.2, 0) is 14.3 Å². The molecule has 6 nitrogen and oxygen atoms in total. The summed E-state index contributed by atoms with van der Waals surface area (Å²) in [7, 11) is 0. The quantitative estimate of drug-likeness (QED) is 0.582. The van der Waals surface area contributed by atoms with Gasteiger partial charge >= 0.3 is 5.97 Å². The van der Waals surface area contributed by atoms with Crippen molar-refractivity contribution < 1.29 is 19.1 Å². The molecule has 1 aromatic rings. The zero-order chi connectivity index (χ0) is 19.0. The molecule has 26 heavy (non-hydrogen) atoms. The third-order valence-corrected chi connectivity index (χ3v) is 5.39. The second kappa shape index (κ2) is 9.39. The van der Waals surface area contributed by atoms with Crippen LogP contribution in [0.15, 0.2) is 29.2 Å². The van der Waals surface area contributed by atoms with Gasteiger partial charge in [0.1, 0.15) is 11.3 Å². The third kappa shape index (κ3) is 5.60. The zero-order valence-corrected chi connectivity index (χ0v) is 15.6. The predicted octanol–water partition coefficient (Wildman–Crippen LogP) is 2.87. The van der Waals surface area contributed by atoms with E-state index in [-0.39, 0.29) is 11.5 Å². The largest absolute Gasteiger partial charge is 0.452 e. The maximum absolute atomic E-state index is 12.3. The Morgan fingerprint density at radius 1 is 1.23 bits per heavy atom. The van der Waals surface area contributed by atoms with Crippen LogP contribution in [-0.4, -0.2) is 35.6 Å². The minimum atomic E-state index is -0.850. The first-order valence-corrected chi connectivity index (χ1v) is 9.55. The highest BCUT2D eigenvalue weighted by Crippen LogP contribution is 2.27. The molecule has 0 heterocycles. The second-order valence-corrected chi connectivity index (χ2v) is 7.38. The molecule has 1 amide bonds. The van der Waals surface area contributed by atoms with E-state index in [0.29, 0.717) is 23.3 Å². The average Bonchev–Trinajstić information content (AvgIpc) is 2.65. The van der Waals surface area contributed by atoms with Crippen molar-refractivity contribution in [3.8, 4) is 6.07 Å². The molecule has 0 unspecified atom stereocenters. The third-order valence-electron chi connectivity index (χ3n) is 4.17. The molecule has 1 aromatic carbocycles. The van der Waals surface area contributed by atoms with Crippen molar-refractivity contribution in [2.24, 2.45) is 0 Å². The number of hydrogen-bond acceptors (Lipinski definition) is 6. The maximum Gasteiger partial charge on any atom is 0.339 e. The van der Waals surface area contributed by atoms with Crippen LogP contribution in [0.5, 0.6) is 0 Å². The Hall–Kier alpha value is -2.33. The molecular formula is C19H22N2O4S. The monoisotopic (exact) mass is 374 g/mol. The average molecular weight is 374 g/mol. The number of esters is 1. The molecule has 138 valence electrons. The first-order chi connectivity index (χ1) is 12.5. The molecule has 0 saturated heterocycles. The molecule has 0 radical (unpaired) electrons. The SMILES string of the molecule is CC(=O)CSc1ccccc1C(=O)OCC(=O)NC1(C#N)CCCCC1. The maximum atomic E-state index is 12.3. The van der Waals surface area contributed by atoms with Crippen molar-refractivity contribution in [2.75, 3.05) is 12.4 Å². The van der Waals surface area contributed by atoms with Crippen molar-refractivity contribution in [3.05, 3.63) is 29.8 Å². The summed E-state index contributed by atoms with van der Waals surface area (Å²) in [5.41, 5.74) is -0.531. The lowest BCUT2D eigenvalue weighted by molar-refractivity contribution is -0.126. The van der Waals surface area contributed by atoms with Gasteiger partial charge in [-0.25, -0.2) is 4.79 Å². The summed E-state index contributed by atoms with van der Waals surface area (Å²) >= 11 is 1.26. The van der Waals surface area contributed by atoms with Crippen molar-refractivity contribution in [3.63, 3.8) is 0 Å². The Morgan fingerprint density at radius 2 is 1.92 bits per heavy atom. The van der Waals surface area contributed by atoms with E-state index in [1.165, 1.54) is 18.7 Å². The Labute approximate surface area is 157 Å². The van der Waals surface area contributed by atoms with E-state index in [0.717, 1.165) is 19.3 Å². The van der Waals surface area contributed by atoms with Gasteiger partial charge in [0.2, 0.25) is 0 Å². The number of nitrogens with zero attached hydrogens (tertiary/aromatic N) is 1. The lowest BCUT2D eigenvalue weighted by Gasteiger charge is -2.31. The number of carbonyl (C=O) groups is 3. The summed E-state index contributed by atoms with van der Waals surface area (Å²) in [4.78, 5) is 36.2. The fraction of sp³-hybridized carbons (Fsp3) is 0.474. The summed E-state index contributed by atoms with van der Waals surface area (Å²) in [5.74, 6) is -0.834. The van der Waals surface area contributed by atoms with Gasteiger partial charge in [-0.15, -0.1) is 11.8 Å². The number of nitrogens with one attached hydrogen (secondary N) is 1. The molecule has 1 N–H and O–H groups in total. The molecule has 0 aliphatic heterocycles.